The Bertz CT molecular complexity index is 732. The highest BCUT2D eigenvalue weighted by Gasteiger charge is 2.22. The van der Waals surface area contributed by atoms with Crippen LogP contribution in [-0.2, 0) is 4.74 Å². The zero-order chi connectivity index (χ0) is 18.4. The van der Waals surface area contributed by atoms with Gasteiger partial charge in [-0.2, -0.15) is 0 Å². The zero-order valence-corrected chi connectivity index (χ0v) is 15.0. The van der Waals surface area contributed by atoms with Crippen LogP contribution in [0.3, 0.4) is 0 Å². The maximum absolute atomic E-state index is 12.2. The van der Waals surface area contributed by atoms with Gasteiger partial charge in [0.1, 0.15) is 0 Å². The number of rotatable bonds is 6. The number of benzene rings is 1. The van der Waals surface area contributed by atoms with Gasteiger partial charge in [0.05, 0.1) is 30.1 Å². The van der Waals surface area contributed by atoms with E-state index in [1.165, 1.54) is 0 Å². The fraction of sp³-hybridized carbons (Fsp3) is 0.474. The minimum Gasteiger partial charge on any atom is -0.389 e. The number of nitrogens with one attached hydrogen (secondary N) is 2. The third kappa shape index (κ3) is 5.14. The molecule has 0 aliphatic carbocycles. The zero-order valence-electron chi connectivity index (χ0n) is 15.0. The second kappa shape index (κ2) is 8.93. The Morgan fingerprint density at radius 2 is 2.15 bits per heavy atom. The molecule has 1 aromatic carbocycles. The van der Waals surface area contributed by atoms with Crippen molar-refractivity contribution in [2.75, 3.05) is 38.7 Å². The maximum atomic E-state index is 12.2. The average Bonchev–Trinajstić information content (AvgIpc) is 2.63. The van der Waals surface area contributed by atoms with Crippen LogP contribution in [0.25, 0.3) is 10.9 Å². The van der Waals surface area contributed by atoms with Crippen molar-refractivity contribution in [1.29, 1.82) is 0 Å². The standard InChI is InChI=1S/C19H26N4O3/c1-26-13-17(24)12-23-8-6-15(7-9-23)21-19(25)22-16-10-14-4-2-3-5-18(14)20-11-16/h2-5,10-11,15,17,24H,6-9,12-13H2,1H3,(H2,21,22,25)/t17-/m1/s1. The molecule has 0 radical (unpaired) electrons. The first-order valence-corrected chi connectivity index (χ1v) is 8.95. The second-order valence-electron chi connectivity index (χ2n) is 6.70. The summed E-state index contributed by atoms with van der Waals surface area (Å²) < 4.78 is 4.96. The van der Waals surface area contributed by atoms with Crippen LogP contribution < -0.4 is 10.6 Å². The number of hydrogen-bond donors (Lipinski definition) is 3. The lowest BCUT2D eigenvalue weighted by atomic mass is 10.0. The molecule has 1 aliphatic rings. The third-order valence-corrected chi connectivity index (χ3v) is 4.60. The SMILES string of the molecule is COC[C@H](O)CN1CCC(NC(=O)Nc2cnc3ccccc3c2)CC1. The topological polar surface area (TPSA) is 86.7 Å². The number of amides is 2. The molecule has 2 heterocycles. The molecule has 0 saturated carbocycles. The molecule has 7 nitrogen and oxygen atoms in total. The van der Waals surface area contributed by atoms with E-state index < -0.39 is 6.10 Å². The molecular weight excluding hydrogens is 332 g/mol. The summed E-state index contributed by atoms with van der Waals surface area (Å²) in [5.41, 5.74) is 1.59. The van der Waals surface area contributed by atoms with Crippen molar-refractivity contribution < 1.29 is 14.6 Å². The number of carbonyl (C=O) groups excluding carboxylic acids is 1. The van der Waals surface area contributed by atoms with Crippen LogP contribution in [0.15, 0.2) is 36.5 Å². The number of para-hydroxylation sites is 1. The fourth-order valence-electron chi connectivity index (χ4n) is 3.29. The van der Waals surface area contributed by atoms with Crippen LogP contribution in [0.1, 0.15) is 12.8 Å². The van der Waals surface area contributed by atoms with Crippen molar-refractivity contribution in [3.8, 4) is 0 Å². The first-order valence-electron chi connectivity index (χ1n) is 8.95. The molecule has 2 aromatic rings. The fourth-order valence-corrected chi connectivity index (χ4v) is 3.29. The number of pyridine rings is 1. The average molecular weight is 358 g/mol. The summed E-state index contributed by atoms with van der Waals surface area (Å²) >= 11 is 0. The number of β-amino-alcohol motifs (C(OH)–C–C–N with tert-alkyl or cyclic N) is 1. The molecule has 0 unspecified atom stereocenters. The van der Waals surface area contributed by atoms with Crippen LogP contribution in [0.2, 0.25) is 0 Å². The highest BCUT2D eigenvalue weighted by atomic mass is 16.5. The van der Waals surface area contributed by atoms with E-state index in [1.807, 2.05) is 30.3 Å². The number of aliphatic hydroxyl groups is 1. The number of likely N-dealkylation sites (tertiary alicyclic amines) is 1. The Balaban J connectivity index is 1.45. The van der Waals surface area contributed by atoms with Gasteiger partial charge in [0, 0.05) is 38.2 Å². The highest BCUT2D eigenvalue weighted by Crippen LogP contribution is 2.16. The number of nitrogens with zero attached hydrogens (tertiary/aromatic N) is 2. The van der Waals surface area contributed by atoms with Gasteiger partial charge in [-0.05, 0) is 25.0 Å². The molecule has 3 rings (SSSR count). The number of hydrogen-bond acceptors (Lipinski definition) is 5. The molecule has 1 aromatic heterocycles. The lowest BCUT2D eigenvalue weighted by molar-refractivity contribution is 0.0315. The van der Waals surface area contributed by atoms with Crippen LogP contribution in [-0.4, -0.2) is 66.5 Å². The van der Waals surface area contributed by atoms with E-state index in [0.29, 0.717) is 18.8 Å². The van der Waals surface area contributed by atoms with Gasteiger partial charge in [0.25, 0.3) is 0 Å². The Labute approximate surface area is 153 Å². The van der Waals surface area contributed by atoms with E-state index >= 15 is 0 Å². The minimum atomic E-state index is -0.465. The van der Waals surface area contributed by atoms with Crippen molar-refractivity contribution in [2.45, 2.75) is 25.0 Å². The summed E-state index contributed by atoms with van der Waals surface area (Å²) in [6.45, 7) is 2.66. The van der Waals surface area contributed by atoms with Gasteiger partial charge in [-0.3, -0.25) is 4.98 Å². The van der Waals surface area contributed by atoms with E-state index in [1.54, 1.807) is 13.3 Å². The molecule has 7 heteroatoms. The maximum Gasteiger partial charge on any atom is 0.319 e. The summed E-state index contributed by atoms with van der Waals surface area (Å²) in [5, 5.41) is 16.7. The molecule has 26 heavy (non-hydrogen) atoms. The molecule has 1 aliphatic heterocycles. The van der Waals surface area contributed by atoms with E-state index in [9.17, 15) is 9.90 Å². The number of ether oxygens (including phenoxy) is 1. The first kappa shape index (κ1) is 18.6. The van der Waals surface area contributed by atoms with Crippen LogP contribution >= 0.6 is 0 Å². The Kier molecular flexibility index (Phi) is 6.38. The molecule has 1 fully saturated rings. The number of anilines is 1. The summed E-state index contributed by atoms with van der Waals surface area (Å²) in [6.07, 6.45) is 2.93. The van der Waals surface area contributed by atoms with Gasteiger partial charge in [0.15, 0.2) is 0 Å². The number of piperidine rings is 1. The van der Waals surface area contributed by atoms with E-state index in [4.69, 9.17) is 4.74 Å². The number of aromatic nitrogens is 1. The minimum absolute atomic E-state index is 0.138. The molecule has 1 saturated heterocycles. The second-order valence-corrected chi connectivity index (χ2v) is 6.70. The van der Waals surface area contributed by atoms with Crippen molar-refractivity contribution >= 4 is 22.6 Å². The summed E-state index contributed by atoms with van der Waals surface area (Å²) in [7, 11) is 1.59. The normalized spacial score (nSPS) is 17.2. The van der Waals surface area contributed by atoms with Crippen molar-refractivity contribution in [1.82, 2.24) is 15.2 Å². The number of fused-ring (bicyclic) bond motifs is 1. The first-order chi connectivity index (χ1) is 12.6. The van der Waals surface area contributed by atoms with E-state index in [0.717, 1.165) is 36.8 Å². The van der Waals surface area contributed by atoms with Crippen LogP contribution in [0.5, 0.6) is 0 Å². The monoisotopic (exact) mass is 358 g/mol. The number of methoxy groups -OCH3 is 1. The van der Waals surface area contributed by atoms with Crippen LogP contribution in [0.4, 0.5) is 10.5 Å². The summed E-state index contributed by atoms with van der Waals surface area (Å²) in [6, 6.07) is 9.65. The predicted molar refractivity (Wildman–Crippen MR) is 101 cm³/mol. The molecule has 3 N–H and O–H groups in total. The Morgan fingerprint density at radius 1 is 1.38 bits per heavy atom. The number of carbonyl (C=O) groups is 1. The van der Waals surface area contributed by atoms with Gasteiger partial charge < -0.3 is 25.4 Å². The van der Waals surface area contributed by atoms with Crippen molar-refractivity contribution in [3.05, 3.63) is 36.5 Å². The lowest BCUT2D eigenvalue weighted by Crippen LogP contribution is -2.47. The molecular formula is C19H26N4O3. The summed E-state index contributed by atoms with van der Waals surface area (Å²) in [4.78, 5) is 18.8. The largest absolute Gasteiger partial charge is 0.389 e. The molecule has 140 valence electrons. The van der Waals surface area contributed by atoms with Gasteiger partial charge >= 0.3 is 6.03 Å². The number of urea groups is 1. The van der Waals surface area contributed by atoms with E-state index in [2.05, 4.69) is 20.5 Å². The number of aliphatic hydroxyl groups excluding tert-OH is 1. The van der Waals surface area contributed by atoms with Gasteiger partial charge in [0.2, 0.25) is 0 Å². The van der Waals surface area contributed by atoms with Crippen molar-refractivity contribution in [3.63, 3.8) is 0 Å². The quantitative estimate of drug-likeness (QED) is 0.733. The van der Waals surface area contributed by atoms with Crippen molar-refractivity contribution in [2.24, 2.45) is 0 Å². The third-order valence-electron chi connectivity index (χ3n) is 4.60. The molecule has 0 spiro atoms. The Morgan fingerprint density at radius 3 is 2.92 bits per heavy atom. The van der Waals surface area contributed by atoms with Gasteiger partial charge in [-0.1, -0.05) is 18.2 Å². The van der Waals surface area contributed by atoms with Crippen LogP contribution in [0, 0.1) is 0 Å². The summed E-state index contributed by atoms with van der Waals surface area (Å²) in [5.74, 6) is 0. The Hall–Kier alpha value is -2.22. The van der Waals surface area contributed by atoms with Gasteiger partial charge in [-0.25, -0.2) is 4.79 Å². The smallest absolute Gasteiger partial charge is 0.319 e. The predicted octanol–water partition coefficient (Wildman–Crippen LogP) is 1.83. The molecule has 1 atom stereocenters. The molecule has 2 amide bonds. The lowest BCUT2D eigenvalue weighted by Gasteiger charge is -2.33. The molecule has 0 bridgehead atoms. The highest BCUT2D eigenvalue weighted by molar-refractivity contribution is 5.92. The van der Waals surface area contributed by atoms with E-state index in [-0.39, 0.29) is 12.1 Å². The van der Waals surface area contributed by atoms with Gasteiger partial charge in [-0.15, -0.1) is 0 Å².